The van der Waals surface area contributed by atoms with Gasteiger partial charge in [-0.3, -0.25) is 14.2 Å². The summed E-state index contributed by atoms with van der Waals surface area (Å²) in [6.45, 7) is 1.96. The SMILES string of the molecule is Cc1nn(C)cc1-n1cncc1-c1cnccc1N. The molecule has 3 aromatic rings. The lowest BCUT2D eigenvalue weighted by Gasteiger charge is -2.08. The molecule has 0 saturated carbocycles. The maximum absolute atomic E-state index is 6.00. The number of hydrogen-bond acceptors (Lipinski definition) is 4. The maximum Gasteiger partial charge on any atom is 0.0998 e. The standard InChI is InChI=1S/C13H14N6/c1-9-13(7-18(2)17-9)19-8-16-6-12(19)10-5-15-4-3-11(10)14/h3-8H,1-2H3,(H2,14,15). The Kier molecular flexibility index (Phi) is 2.56. The normalized spacial score (nSPS) is 10.8. The zero-order valence-electron chi connectivity index (χ0n) is 10.8. The van der Waals surface area contributed by atoms with Crippen molar-refractivity contribution in [3.8, 4) is 16.9 Å². The molecule has 3 rings (SSSR count). The van der Waals surface area contributed by atoms with Gasteiger partial charge in [-0.15, -0.1) is 0 Å². The van der Waals surface area contributed by atoms with E-state index in [9.17, 15) is 0 Å². The van der Waals surface area contributed by atoms with Crippen LogP contribution in [0.2, 0.25) is 0 Å². The highest BCUT2D eigenvalue weighted by Crippen LogP contribution is 2.27. The highest BCUT2D eigenvalue weighted by Gasteiger charge is 2.13. The molecule has 0 amide bonds. The second-order valence-electron chi connectivity index (χ2n) is 4.39. The fourth-order valence-electron chi connectivity index (χ4n) is 2.13. The Labute approximate surface area is 110 Å². The molecule has 3 heterocycles. The third-order valence-corrected chi connectivity index (χ3v) is 3.02. The van der Waals surface area contributed by atoms with Crippen LogP contribution in [0, 0.1) is 6.92 Å². The molecule has 2 N–H and O–H groups in total. The van der Waals surface area contributed by atoms with Crippen LogP contribution in [0.1, 0.15) is 5.69 Å². The lowest BCUT2D eigenvalue weighted by molar-refractivity contribution is 0.756. The largest absolute Gasteiger partial charge is 0.398 e. The van der Waals surface area contributed by atoms with Gasteiger partial charge in [0.1, 0.15) is 0 Å². The molecule has 0 unspecified atom stereocenters. The van der Waals surface area contributed by atoms with Crippen LogP contribution < -0.4 is 5.73 Å². The third kappa shape index (κ3) is 1.87. The number of hydrogen-bond donors (Lipinski definition) is 1. The summed E-state index contributed by atoms with van der Waals surface area (Å²) in [6.07, 6.45) is 8.90. The Morgan fingerprint density at radius 2 is 2.05 bits per heavy atom. The molecular formula is C13H14N6. The molecule has 0 aromatic carbocycles. The molecule has 19 heavy (non-hydrogen) atoms. The van der Waals surface area contributed by atoms with Crippen LogP contribution in [0.15, 0.2) is 37.2 Å². The summed E-state index contributed by atoms with van der Waals surface area (Å²) in [5, 5.41) is 4.35. The number of anilines is 1. The van der Waals surface area contributed by atoms with Crippen molar-refractivity contribution in [2.45, 2.75) is 6.92 Å². The highest BCUT2D eigenvalue weighted by molar-refractivity contribution is 5.73. The summed E-state index contributed by atoms with van der Waals surface area (Å²) in [5.41, 5.74) is 10.4. The van der Waals surface area contributed by atoms with E-state index in [0.29, 0.717) is 5.69 Å². The van der Waals surface area contributed by atoms with E-state index in [1.54, 1.807) is 35.7 Å². The average Bonchev–Trinajstić information content (AvgIpc) is 2.96. The predicted molar refractivity (Wildman–Crippen MR) is 72.7 cm³/mol. The van der Waals surface area contributed by atoms with Gasteiger partial charge in [-0.05, 0) is 13.0 Å². The molecule has 96 valence electrons. The third-order valence-electron chi connectivity index (χ3n) is 3.02. The smallest absolute Gasteiger partial charge is 0.0998 e. The molecule has 3 aromatic heterocycles. The van der Waals surface area contributed by atoms with Crippen molar-refractivity contribution in [1.82, 2.24) is 24.3 Å². The van der Waals surface area contributed by atoms with Gasteiger partial charge in [0.2, 0.25) is 0 Å². The summed E-state index contributed by atoms with van der Waals surface area (Å²) in [4.78, 5) is 8.33. The summed E-state index contributed by atoms with van der Waals surface area (Å²) < 4.78 is 3.75. The molecular weight excluding hydrogens is 240 g/mol. The quantitative estimate of drug-likeness (QED) is 0.753. The Morgan fingerprint density at radius 3 is 2.74 bits per heavy atom. The fourth-order valence-corrected chi connectivity index (χ4v) is 2.13. The monoisotopic (exact) mass is 254 g/mol. The summed E-state index contributed by atoms with van der Waals surface area (Å²) in [6, 6.07) is 1.78. The predicted octanol–water partition coefficient (Wildman–Crippen LogP) is 1.56. The van der Waals surface area contributed by atoms with Gasteiger partial charge in [-0.2, -0.15) is 5.10 Å². The van der Waals surface area contributed by atoms with Crippen LogP contribution in [0.3, 0.4) is 0 Å². The lowest BCUT2D eigenvalue weighted by atomic mass is 10.2. The van der Waals surface area contributed by atoms with Crippen molar-refractivity contribution in [2.75, 3.05) is 5.73 Å². The van der Waals surface area contributed by atoms with Crippen LogP contribution in [0.4, 0.5) is 5.69 Å². The first-order valence-electron chi connectivity index (χ1n) is 5.89. The number of nitrogens with two attached hydrogens (primary N) is 1. The number of aryl methyl sites for hydroxylation is 2. The summed E-state index contributed by atoms with van der Waals surface area (Å²) >= 11 is 0. The van der Waals surface area contributed by atoms with E-state index in [0.717, 1.165) is 22.6 Å². The van der Waals surface area contributed by atoms with Crippen LogP contribution >= 0.6 is 0 Å². The minimum absolute atomic E-state index is 0.679. The van der Waals surface area contributed by atoms with Crippen molar-refractivity contribution < 1.29 is 0 Å². The Hall–Kier alpha value is -2.63. The van der Waals surface area contributed by atoms with Crippen LogP contribution in [-0.4, -0.2) is 24.3 Å². The second-order valence-corrected chi connectivity index (χ2v) is 4.39. The average molecular weight is 254 g/mol. The van der Waals surface area contributed by atoms with Gasteiger partial charge in [-0.25, -0.2) is 4.98 Å². The van der Waals surface area contributed by atoms with E-state index in [1.807, 2.05) is 24.7 Å². The topological polar surface area (TPSA) is 74.5 Å². The van der Waals surface area contributed by atoms with E-state index in [4.69, 9.17) is 5.73 Å². The molecule has 0 aliphatic heterocycles. The molecule has 0 spiro atoms. The van der Waals surface area contributed by atoms with Crippen molar-refractivity contribution in [2.24, 2.45) is 7.05 Å². The van der Waals surface area contributed by atoms with E-state index >= 15 is 0 Å². The van der Waals surface area contributed by atoms with Crippen molar-refractivity contribution in [3.63, 3.8) is 0 Å². The van der Waals surface area contributed by atoms with Gasteiger partial charge in [0, 0.05) is 36.9 Å². The van der Waals surface area contributed by atoms with Gasteiger partial charge in [-0.1, -0.05) is 0 Å². The minimum atomic E-state index is 0.679. The van der Waals surface area contributed by atoms with Crippen LogP contribution in [-0.2, 0) is 7.05 Å². The summed E-state index contributed by atoms with van der Waals surface area (Å²) in [7, 11) is 1.89. The van der Waals surface area contributed by atoms with E-state index in [-0.39, 0.29) is 0 Å². The number of nitrogen functional groups attached to an aromatic ring is 1. The lowest BCUT2D eigenvalue weighted by Crippen LogP contribution is -1.98. The molecule has 6 heteroatoms. The number of nitrogens with zero attached hydrogens (tertiary/aromatic N) is 5. The zero-order chi connectivity index (χ0) is 13.4. The molecule has 0 radical (unpaired) electrons. The van der Waals surface area contributed by atoms with Gasteiger partial charge >= 0.3 is 0 Å². The van der Waals surface area contributed by atoms with E-state index in [2.05, 4.69) is 15.1 Å². The Bertz CT molecular complexity index is 724. The molecule has 0 bridgehead atoms. The zero-order valence-corrected chi connectivity index (χ0v) is 10.8. The van der Waals surface area contributed by atoms with E-state index < -0.39 is 0 Å². The number of imidazole rings is 1. The molecule has 0 fully saturated rings. The van der Waals surface area contributed by atoms with E-state index in [1.165, 1.54) is 0 Å². The minimum Gasteiger partial charge on any atom is -0.398 e. The number of rotatable bonds is 2. The van der Waals surface area contributed by atoms with Crippen LogP contribution in [0.5, 0.6) is 0 Å². The van der Waals surface area contributed by atoms with Gasteiger partial charge < -0.3 is 5.73 Å². The van der Waals surface area contributed by atoms with Crippen molar-refractivity contribution in [3.05, 3.63) is 42.9 Å². The molecule has 0 atom stereocenters. The maximum atomic E-state index is 6.00. The Balaban J connectivity index is 2.19. The van der Waals surface area contributed by atoms with Gasteiger partial charge in [0.25, 0.3) is 0 Å². The molecule has 0 aliphatic carbocycles. The van der Waals surface area contributed by atoms with Gasteiger partial charge in [0.15, 0.2) is 0 Å². The first kappa shape index (κ1) is 11.5. The number of aromatic nitrogens is 5. The molecule has 0 aliphatic rings. The van der Waals surface area contributed by atoms with Crippen LogP contribution in [0.25, 0.3) is 16.9 Å². The summed E-state index contributed by atoms with van der Waals surface area (Å²) in [5.74, 6) is 0. The van der Waals surface area contributed by atoms with Gasteiger partial charge in [0.05, 0.1) is 29.6 Å². The number of pyridine rings is 1. The molecule has 0 saturated heterocycles. The highest BCUT2D eigenvalue weighted by atomic mass is 15.3. The first-order chi connectivity index (χ1) is 9.16. The van der Waals surface area contributed by atoms with Crippen molar-refractivity contribution in [1.29, 1.82) is 0 Å². The molecule has 6 nitrogen and oxygen atoms in total. The fraction of sp³-hybridized carbons (Fsp3) is 0.154. The van der Waals surface area contributed by atoms with Crippen molar-refractivity contribution >= 4 is 5.69 Å². The Morgan fingerprint density at radius 1 is 1.21 bits per heavy atom. The second kappa shape index (κ2) is 4.24. The first-order valence-corrected chi connectivity index (χ1v) is 5.89.